The van der Waals surface area contributed by atoms with E-state index in [0.717, 1.165) is 128 Å². The zero-order chi connectivity index (χ0) is 45.7. The Balaban J connectivity index is 4.38. The number of rotatable bonds is 42. The van der Waals surface area contributed by atoms with Crippen molar-refractivity contribution >= 4 is 19.8 Å². The molecule has 354 valence electrons. The molecule has 10 heteroatoms. The normalized spacial score (nSPS) is 14.4. The van der Waals surface area contributed by atoms with E-state index < -0.39 is 32.5 Å². The van der Waals surface area contributed by atoms with Gasteiger partial charge in [-0.2, -0.15) is 0 Å². The maximum Gasteiger partial charge on any atom is 0.472 e. The third-order valence-corrected chi connectivity index (χ3v) is 10.6. The highest BCUT2D eigenvalue weighted by Gasteiger charge is 2.27. The van der Waals surface area contributed by atoms with Gasteiger partial charge < -0.3 is 18.9 Å². The molecule has 0 aromatic heterocycles. The monoisotopic (exact) mass is 887 g/mol. The molecule has 2 unspecified atom stereocenters. The summed E-state index contributed by atoms with van der Waals surface area (Å²) >= 11 is 0. The Morgan fingerprint density at radius 2 is 0.871 bits per heavy atom. The third-order valence-electron chi connectivity index (χ3n) is 9.61. The summed E-state index contributed by atoms with van der Waals surface area (Å²) in [6.07, 6.45) is 57.3. The van der Waals surface area contributed by atoms with Crippen LogP contribution < -0.4 is 0 Å². The number of carbonyl (C=O) groups excluding carboxylic acids is 2. The molecule has 0 saturated heterocycles. The minimum Gasteiger partial charge on any atom is -0.462 e. The number of hydrogen-bond donors (Lipinski definition) is 1. The molecule has 0 saturated carbocycles. The van der Waals surface area contributed by atoms with Gasteiger partial charge >= 0.3 is 19.8 Å². The highest BCUT2D eigenvalue weighted by atomic mass is 31.2. The van der Waals surface area contributed by atoms with E-state index in [2.05, 4.69) is 111 Å². The maximum atomic E-state index is 12.7. The maximum absolute atomic E-state index is 12.7. The van der Waals surface area contributed by atoms with Crippen molar-refractivity contribution < 1.29 is 42.1 Å². The Morgan fingerprint density at radius 1 is 0.500 bits per heavy atom. The molecule has 0 fully saturated rings. The van der Waals surface area contributed by atoms with Crippen molar-refractivity contribution in [3.63, 3.8) is 0 Å². The summed E-state index contributed by atoms with van der Waals surface area (Å²) in [4.78, 5) is 35.5. The summed E-state index contributed by atoms with van der Waals surface area (Å²) < 4.78 is 34.4. The van der Waals surface area contributed by atoms with E-state index in [9.17, 15) is 19.0 Å². The molecular weight excluding hydrogens is 798 g/mol. The van der Waals surface area contributed by atoms with Crippen molar-refractivity contribution in [1.29, 1.82) is 0 Å². The number of quaternary nitrogens is 1. The number of unbranched alkanes of at least 4 members (excludes halogenated alkanes) is 12. The van der Waals surface area contributed by atoms with Gasteiger partial charge in [0.15, 0.2) is 6.10 Å². The average molecular weight is 887 g/mol. The molecule has 0 amide bonds. The summed E-state index contributed by atoms with van der Waals surface area (Å²) in [6.45, 7) is 4.15. The number of phosphoric acid groups is 1. The molecular formula is C52H89NO8P+. The Kier molecular flexibility index (Phi) is 41.1. The van der Waals surface area contributed by atoms with Crippen LogP contribution >= 0.6 is 7.82 Å². The molecule has 2 atom stereocenters. The second-order valence-corrected chi connectivity index (χ2v) is 18.2. The summed E-state index contributed by atoms with van der Waals surface area (Å²) in [7, 11) is 1.44. The first-order chi connectivity index (χ1) is 30.0. The Bertz CT molecular complexity index is 1370. The van der Waals surface area contributed by atoms with E-state index in [4.69, 9.17) is 18.5 Å². The molecule has 9 nitrogen and oxygen atoms in total. The van der Waals surface area contributed by atoms with Gasteiger partial charge in [-0.05, 0) is 89.9 Å². The second kappa shape index (κ2) is 43.2. The lowest BCUT2D eigenvalue weighted by Gasteiger charge is -2.24. The molecule has 0 radical (unpaired) electrons. The molecule has 0 aromatic carbocycles. The van der Waals surface area contributed by atoms with Gasteiger partial charge in [0.25, 0.3) is 0 Å². The van der Waals surface area contributed by atoms with Gasteiger partial charge in [-0.15, -0.1) is 0 Å². The number of ether oxygens (including phenoxy) is 2. The van der Waals surface area contributed by atoms with Crippen molar-refractivity contribution in [1.82, 2.24) is 0 Å². The Labute approximate surface area is 379 Å². The topological polar surface area (TPSA) is 108 Å². The van der Waals surface area contributed by atoms with Gasteiger partial charge in [-0.25, -0.2) is 4.57 Å². The minimum absolute atomic E-state index is 0.0203. The molecule has 0 aliphatic carbocycles. The summed E-state index contributed by atoms with van der Waals surface area (Å²) in [6, 6.07) is 0. The van der Waals surface area contributed by atoms with E-state index in [1.807, 2.05) is 21.1 Å². The molecule has 62 heavy (non-hydrogen) atoms. The molecule has 0 bridgehead atoms. The van der Waals surface area contributed by atoms with Crippen LogP contribution in [0.15, 0.2) is 97.2 Å². The summed E-state index contributed by atoms with van der Waals surface area (Å²) in [5.74, 6) is -0.839. The number of allylic oxidation sites excluding steroid dienone is 16. The largest absolute Gasteiger partial charge is 0.472 e. The van der Waals surface area contributed by atoms with E-state index in [0.29, 0.717) is 23.9 Å². The lowest BCUT2D eigenvalue weighted by atomic mass is 10.1. The van der Waals surface area contributed by atoms with E-state index >= 15 is 0 Å². The van der Waals surface area contributed by atoms with Crippen molar-refractivity contribution in [2.45, 2.75) is 174 Å². The zero-order valence-electron chi connectivity index (χ0n) is 39.8. The van der Waals surface area contributed by atoms with Crippen LogP contribution in [0.2, 0.25) is 0 Å². The van der Waals surface area contributed by atoms with Crippen LogP contribution in [0, 0.1) is 0 Å². The van der Waals surface area contributed by atoms with Crippen LogP contribution in [-0.2, 0) is 32.7 Å². The smallest absolute Gasteiger partial charge is 0.462 e. The Morgan fingerprint density at radius 3 is 1.29 bits per heavy atom. The lowest BCUT2D eigenvalue weighted by molar-refractivity contribution is -0.870. The van der Waals surface area contributed by atoms with Crippen molar-refractivity contribution in [3.8, 4) is 0 Å². The summed E-state index contributed by atoms with van der Waals surface area (Å²) in [5, 5.41) is 0. The molecule has 0 spiro atoms. The first-order valence-corrected chi connectivity index (χ1v) is 25.5. The third kappa shape index (κ3) is 46.4. The predicted molar refractivity (Wildman–Crippen MR) is 261 cm³/mol. The van der Waals surface area contributed by atoms with E-state index in [-0.39, 0.29) is 26.1 Å². The number of hydrogen-bond acceptors (Lipinski definition) is 7. The first-order valence-electron chi connectivity index (χ1n) is 24.0. The fraction of sp³-hybridized carbons (Fsp3) is 0.654. The highest BCUT2D eigenvalue weighted by Crippen LogP contribution is 2.43. The lowest BCUT2D eigenvalue weighted by Crippen LogP contribution is -2.37. The summed E-state index contributed by atoms with van der Waals surface area (Å²) in [5.41, 5.74) is 0. The van der Waals surface area contributed by atoms with Crippen LogP contribution in [0.1, 0.15) is 168 Å². The molecule has 0 aliphatic rings. The highest BCUT2D eigenvalue weighted by molar-refractivity contribution is 7.47. The number of esters is 2. The van der Waals surface area contributed by atoms with Gasteiger partial charge in [-0.3, -0.25) is 18.6 Å². The van der Waals surface area contributed by atoms with Crippen LogP contribution in [0.4, 0.5) is 0 Å². The molecule has 0 aliphatic heterocycles. The van der Waals surface area contributed by atoms with Gasteiger partial charge in [0.2, 0.25) is 0 Å². The molecule has 1 N–H and O–H groups in total. The van der Waals surface area contributed by atoms with Crippen molar-refractivity contribution in [2.24, 2.45) is 0 Å². The fourth-order valence-corrected chi connectivity index (χ4v) is 6.68. The van der Waals surface area contributed by atoms with Crippen LogP contribution in [-0.4, -0.2) is 74.9 Å². The molecule has 0 rings (SSSR count). The van der Waals surface area contributed by atoms with Crippen LogP contribution in [0.25, 0.3) is 0 Å². The number of carbonyl (C=O) groups is 2. The quantitative estimate of drug-likeness (QED) is 0.0212. The van der Waals surface area contributed by atoms with Gasteiger partial charge in [0, 0.05) is 12.8 Å². The number of phosphoric ester groups is 1. The van der Waals surface area contributed by atoms with E-state index in [1.54, 1.807) is 0 Å². The average Bonchev–Trinajstić information content (AvgIpc) is 3.23. The Hall–Kier alpha value is -3.07. The van der Waals surface area contributed by atoms with Crippen LogP contribution in [0.3, 0.4) is 0 Å². The van der Waals surface area contributed by atoms with Gasteiger partial charge in [0.05, 0.1) is 27.7 Å². The number of likely N-dealkylation sites (N-methyl/N-ethyl adjacent to an activating group) is 1. The van der Waals surface area contributed by atoms with Crippen LogP contribution in [0.5, 0.6) is 0 Å². The molecule has 0 aromatic rings. The van der Waals surface area contributed by atoms with Gasteiger partial charge in [-0.1, -0.05) is 162 Å². The van der Waals surface area contributed by atoms with Crippen molar-refractivity contribution in [3.05, 3.63) is 97.2 Å². The minimum atomic E-state index is -4.39. The number of nitrogens with zero attached hydrogens (tertiary/aromatic N) is 1. The second-order valence-electron chi connectivity index (χ2n) is 16.7. The fourth-order valence-electron chi connectivity index (χ4n) is 5.94. The van der Waals surface area contributed by atoms with E-state index in [1.165, 1.54) is 0 Å². The standard InChI is InChI=1S/C52H88NO8P/c1-6-8-10-12-14-16-18-20-22-24-26-28-30-32-34-36-38-40-42-44-51(54)58-48-50(49-60-62(56,57)59-47-46-53(3,4)5)61-52(55)45-43-41-39-37-35-33-31-29-27-25-23-21-19-17-15-13-11-9-7-2/h8-11,14-17,20-23,26-29,50H,6-7,12-13,18-19,24-25,30-49H2,1-5H3/p+1/b10-8-,11-9-,16-14-,17-15-,22-20-,23-21-,28-26-,29-27-. The predicted octanol–water partition coefficient (Wildman–Crippen LogP) is 14.1. The zero-order valence-corrected chi connectivity index (χ0v) is 40.7. The van der Waals surface area contributed by atoms with Gasteiger partial charge in [0.1, 0.15) is 19.8 Å². The SMILES string of the molecule is CC/C=C\C/C=C\C/C=C\C/C=C\CCCCCCCCC(=O)OCC(COP(=O)(O)OCC[N+](C)(C)C)OC(=O)CCCCCCCC/C=C\C/C=C\C/C=C\C/C=C\CC. The molecule has 0 heterocycles. The first kappa shape index (κ1) is 58.9. The van der Waals surface area contributed by atoms with Crippen molar-refractivity contribution in [2.75, 3.05) is 47.5 Å².